The van der Waals surface area contributed by atoms with Crippen molar-refractivity contribution in [2.24, 2.45) is 0 Å². The Balaban J connectivity index is 1.80. The Hall–Kier alpha value is -3.28. The number of hydrogen-bond donors (Lipinski definition) is 2. The van der Waals surface area contributed by atoms with Gasteiger partial charge in [-0.25, -0.2) is 19.7 Å². The van der Waals surface area contributed by atoms with Crippen LogP contribution >= 0.6 is 11.6 Å². The van der Waals surface area contributed by atoms with Crippen LogP contribution in [0.4, 0.5) is 5.69 Å². The first-order valence-electron chi connectivity index (χ1n) is 9.83. The van der Waals surface area contributed by atoms with Crippen molar-refractivity contribution in [3.05, 3.63) is 57.6 Å². The monoisotopic (exact) mass is 437 g/mol. The summed E-state index contributed by atoms with van der Waals surface area (Å²) in [6.45, 7) is 5.00. The van der Waals surface area contributed by atoms with E-state index in [1.54, 1.807) is 6.07 Å². The zero-order chi connectivity index (χ0) is 22.1. The van der Waals surface area contributed by atoms with Crippen LogP contribution in [0.15, 0.2) is 24.3 Å². The lowest BCUT2D eigenvalue weighted by atomic mass is 9.99. The van der Waals surface area contributed by atoms with E-state index in [4.69, 9.17) is 21.3 Å². The molecule has 0 amide bonds. The first-order valence-corrected chi connectivity index (χ1v) is 10.2. The number of carboxylic acid groups (broad SMARTS) is 1. The minimum absolute atomic E-state index is 0.0306. The number of halogens is 1. The van der Waals surface area contributed by atoms with Crippen molar-refractivity contribution in [1.82, 2.24) is 15.0 Å². The molecule has 158 valence electrons. The Labute approximate surface area is 183 Å². The van der Waals surface area contributed by atoms with Crippen molar-refractivity contribution in [3.8, 4) is 6.07 Å². The molecule has 1 aromatic carbocycles. The Bertz CT molecular complexity index is 1220. The number of aryl methyl sites for hydroxylation is 1. The highest BCUT2D eigenvalue weighted by Gasteiger charge is 2.25. The van der Waals surface area contributed by atoms with Crippen LogP contribution in [0.2, 0.25) is 5.15 Å². The number of pyridine rings is 1. The van der Waals surface area contributed by atoms with Crippen molar-refractivity contribution in [1.29, 1.82) is 5.26 Å². The maximum atomic E-state index is 11.6. The largest absolute Gasteiger partial charge is 0.476 e. The number of ether oxygens (including phenoxy) is 1. The molecule has 0 bridgehead atoms. The molecule has 3 heterocycles. The van der Waals surface area contributed by atoms with Crippen LogP contribution < -0.4 is 5.32 Å². The fourth-order valence-electron chi connectivity index (χ4n) is 3.82. The maximum absolute atomic E-state index is 11.6. The predicted octanol–water partition coefficient (Wildman–Crippen LogP) is 4.23. The summed E-state index contributed by atoms with van der Waals surface area (Å²) in [5, 5.41) is 22.4. The van der Waals surface area contributed by atoms with Crippen LogP contribution in [0, 0.1) is 18.3 Å². The smallest absolute Gasteiger partial charge is 0.356 e. The molecule has 0 saturated carbocycles. The van der Waals surface area contributed by atoms with Gasteiger partial charge in [-0.1, -0.05) is 17.7 Å². The third kappa shape index (κ3) is 4.15. The van der Waals surface area contributed by atoms with E-state index >= 15 is 0 Å². The molecule has 8 nitrogen and oxygen atoms in total. The van der Waals surface area contributed by atoms with Crippen molar-refractivity contribution >= 4 is 34.3 Å². The topological polar surface area (TPSA) is 121 Å². The Morgan fingerprint density at radius 3 is 2.84 bits per heavy atom. The number of nitrogens with zero attached hydrogens (tertiary/aromatic N) is 4. The second-order valence-electron chi connectivity index (χ2n) is 7.55. The number of hydrogen-bond acceptors (Lipinski definition) is 7. The van der Waals surface area contributed by atoms with Gasteiger partial charge in [-0.3, -0.25) is 0 Å². The Kier molecular flexibility index (Phi) is 5.72. The number of nitrogens with one attached hydrogen (secondary N) is 1. The number of aromatic carboxylic acids is 1. The van der Waals surface area contributed by atoms with Gasteiger partial charge >= 0.3 is 5.97 Å². The normalized spacial score (nSPS) is 16.8. The maximum Gasteiger partial charge on any atom is 0.356 e. The van der Waals surface area contributed by atoms with E-state index in [-0.39, 0.29) is 22.8 Å². The van der Waals surface area contributed by atoms with E-state index in [1.165, 1.54) is 6.07 Å². The average molecular weight is 438 g/mol. The van der Waals surface area contributed by atoms with E-state index in [9.17, 15) is 15.2 Å². The first kappa shape index (κ1) is 21.0. The predicted molar refractivity (Wildman–Crippen MR) is 115 cm³/mol. The van der Waals surface area contributed by atoms with Gasteiger partial charge in [-0.15, -0.1) is 0 Å². The molecule has 31 heavy (non-hydrogen) atoms. The highest BCUT2D eigenvalue weighted by atomic mass is 35.5. The van der Waals surface area contributed by atoms with E-state index in [0.29, 0.717) is 41.3 Å². The second kappa shape index (κ2) is 8.46. The number of carboxylic acids is 1. The van der Waals surface area contributed by atoms with Crippen LogP contribution in [0.3, 0.4) is 0 Å². The summed E-state index contributed by atoms with van der Waals surface area (Å²) in [6.07, 6.45) is 0.794. The summed E-state index contributed by atoms with van der Waals surface area (Å²) in [5.74, 6) is -1.14. The number of rotatable bonds is 5. The molecule has 1 aliphatic heterocycles. The number of benzene rings is 1. The molecule has 1 fully saturated rings. The fourth-order valence-corrected chi connectivity index (χ4v) is 3.97. The molecule has 3 aromatic rings. The summed E-state index contributed by atoms with van der Waals surface area (Å²) in [5.41, 5.74) is 4.25. The molecule has 9 heteroatoms. The number of anilines is 1. The lowest BCUT2D eigenvalue weighted by molar-refractivity contribution is 0.0691. The number of aromatic nitrogens is 3. The second-order valence-corrected chi connectivity index (χ2v) is 7.94. The molecule has 1 aliphatic rings. The van der Waals surface area contributed by atoms with Gasteiger partial charge in [0.2, 0.25) is 0 Å². The van der Waals surface area contributed by atoms with E-state index in [1.807, 2.05) is 26.0 Å². The van der Waals surface area contributed by atoms with Crippen molar-refractivity contribution < 1.29 is 14.6 Å². The van der Waals surface area contributed by atoms with Crippen molar-refractivity contribution in [2.45, 2.75) is 32.2 Å². The molecule has 0 radical (unpaired) electrons. The summed E-state index contributed by atoms with van der Waals surface area (Å²) in [7, 11) is 0. The molecule has 0 aliphatic carbocycles. The highest BCUT2D eigenvalue weighted by molar-refractivity contribution is 6.29. The van der Waals surface area contributed by atoms with Crippen LogP contribution in [0.5, 0.6) is 0 Å². The standard InChI is InChI=1S/C22H20ClN5O3/c1-11-7-14(12(2)25-15-3-4-18(23)27-21(15)22(29)30)20-16(8-11)26-17(9-24)19(28-20)13-5-6-31-10-13/h3-4,7-8,12-13,25H,5-6,10H2,1-2H3,(H,29,30)/t12-,13-/m1/s1. The van der Waals surface area contributed by atoms with Crippen LogP contribution in [0.1, 0.15) is 58.3 Å². The molecule has 2 N–H and O–H groups in total. The Morgan fingerprint density at radius 2 is 2.16 bits per heavy atom. The quantitative estimate of drug-likeness (QED) is 0.568. The minimum Gasteiger partial charge on any atom is -0.476 e. The SMILES string of the molecule is Cc1cc([C@@H](C)Nc2ccc(Cl)nc2C(=O)O)c2nc([C@@H]3CCOC3)c(C#N)nc2c1. The summed E-state index contributed by atoms with van der Waals surface area (Å²) < 4.78 is 5.48. The van der Waals surface area contributed by atoms with Gasteiger partial charge in [-0.05, 0) is 44.0 Å². The molecule has 1 saturated heterocycles. The summed E-state index contributed by atoms with van der Waals surface area (Å²) in [6, 6.07) is 8.86. The van der Waals surface area contributed by atoms with Gasteiger partial charge in [0.25, 0.3) is 0 Å². The average Bonchev–Trinajstić information content (AvgIpc) is 3.27. The summed E-state index contributed by atoms with van der Waals surface area (Å²) in [4.78, 5) is 24.9. The van der Waals surface area contributed by atoms with Gasteiger partial charge in [0.05, 0.1) is 35.1 Å². The van der Waals surface area contributed by atoms with E-state index < -0.39 is 5.97 Å². The fraction of sp³-hybridized carbons (Fsp3) is 0.318. The van der Waals surface area contributed by atoms with Gasteiger partial charge in [-0.2, -0.15) is 5.26 Å². The number of nitriles is 1. The molecular formula is C22H20ClN5O3. The zero-order valence-electron chi connectivity index (χ0n) is 17.0. The van der Waals surface area contributed by atoms with Crippen molar-refractivity contribution in [2.75, 3.05) is 18.5 Å². The third-order valence-electron chi connectivity index (χ3n) is 5.30. The van der Waals surface area contributed by atoms with Crippen LogP contribution in [-0.4, -0.2) is 39.2 Å². The van der Waals surface area contributed by atoms with Crippen LogP contribution in [0.25, 0.3) is 11.0 Å². The third-order valence-corrected chi connectivity index (χ3v) is 5.51. The number of fused-ring (bicyclic) bond motifs is 1. The zero-order valence-corrected chi connectivity index (χ0v) is 17.8. The van der Waals surface area contributed by atoms with Gasteiger partial charge in [0.1, 0.15) is 11.2 Å². The molecular weight excluding hydrogens is 418 g/mol. The van der Waals surface area contributed by atoms with Gasteiger partial charge in [0.15, 0.2) is 11.4 Å². The van der Waals surface area contributed by atoms with Crippen molar-refractivity contribution in [3.63, 3.8) is 0 Å². The van der Waals surface area contributed by atoms with E-state index in [0.717, 1.165) is 17.5 Å². The minimum atomic E-state index is -1.17. The lowest BCUT2D eigenvalue weighted by Gasteiger charge is -2.20. The lowest BCUT2D eigenvalue weighted by Crippen LogP contribution is -2.14. The molecule has 2 atom stereocenters. The van der Waals surface area contributed by atoms with E-state index in [2.05, 4.69) is 21.4 Å². The summed E-state index contributed by atoms with van der Waals surface area (Å²) >= 11 is 5.86. The molecule has 0 unspecified atom stereocenters. The molecule has 2 aromatic heterocycles. The molecule has 4 rings (SSSR count). The molecule has 0 spiro atoms. The van der Waals surface area contributed by atoms with Gasteiger partial charge in [0, 0.05) is 18.1 Å². The number of carbonyl (C=O) groups is 1. The Morgan fingerprint density at radius 1 is 1.35 bits per heavy atom. The first-order chi connectivity index (χ1) is 14.9. The van der Waals surface area contributed by atoms with Gasteiger partial charge < -0.3 is 15.2 Å². The van der Waals surface area contributed by atoms with Crippen LogP contribution in [-0.2, 0) is 4.74 Å². The highest BCUT2D eigenvalue weighted by Crippen LogP contribution is 2.32.